The highest BCUT2D eigenvalue weighted by Crippen LogP contribution is 2.33. The number of benzene rings is 1. The Kier molecular flexibility index (Phi) is 5.71. The van der Waals surface area contributed by atoms with Crippen molar-refractivity contribution in [1.82, 2.24) is 0 Å². The quantitative estimate of drug-likeness (QED) is 0.405. The SMILES string of the molecule is COC(=O)C1=C(C(=O)OC)N(c2c(I)ccc(F)c2F)C=CC=C1. The van der Waals surface area contributed by atoms with Gasteiger partial charge in [0.1, 0.15) is 5.70 Å². The van der Waals surface area contributed by atoms with Crippen LogP contribution in [0.2, 0.25) is 0 Å². The van der Waals surface area contributed by atoms with E-state index in [9.17, 15) is 18.4 Å². The molecule has 2 rings (SSSR count). The molecule has 0 radical (unpaired) electrons. The van der Waals surface area contributed by atoms with Gasteiger partial charge in [-0.1, -0.05) is 6.08 Å². The molecule has 5 nitrogen and oxygen atoms in total. The summed E-state index contributed by atoms with van der Waals surface area (Å²) in [6.07, 6.45) is 5.61. The van der Waals surface area contributed by atoms with Crippen LogP contribution in [0.15, 0.2) is 47.8 Å². The molecule has 0 bridgehead atoms. The zero-order chi connectivity index (χ0) is 17.9. The van der Waals surface area contributed by atoms with Gasteiger partial charge in [-0.05, 0) is 46.9 Å². The van der Waals surface area contributed by atoms with E-state index in [0.29, 0.717) is 3.57 Å². The lowest BCUT2D eigenvalue weighted by Gasteiger charge is -2.24. The molecule has 0 atom stereocenters. The van der Waals surface area contributed by atoms with Gasteiger partial charge in [-0.15, -0.1) is 0 Å². The van der Waals surface area contributed by atoms with Crippen molar-refractivity contribution in [3.8, 4) is 0 Å². The van der Waals surface area contributed by atoms with Gasteiger partial charge in [-0.3, -0.25) is 0 Å². The second-order valence-corrected chi connectivity index (χ2v) is 5.67. The van der Waals surface area contributed by atoms with Crippen molar-refractivity contribution in [2.45, 2.75) is 0 Å². The molecule has 0 aliphatic carbocycles. The number of methoxy groups -OCH3 is 2. The monoisotopic (exact) mass is 447 g/mol. The maximum Gasteiger partial charge on any atom is 0.355 e. The highest BCUT2D eigenvalue weighted by molar-refractivity contribution is 14.1. The van der Waals surface area contributed by atoms with Gasteiger partial charge in [0.2, 0.25) is 0 Å². The van der Waals surface area contributed by atoms with Gasteiger partial charge in [-0.2, -0.15) is 0 Å². The number of halogens is 3. The summed E-state index contributed by atoms with van der Waals surface area (Å²) in [5.74, 6) is -3.95. The van der Waals surface area contributed by atoms with Gasteiger partial charge in [-0.25, -0.2) is 18.4 Å². The number of rotatable bonds is 3. The lowest BCUT2D eigenvalue weighted by atomic mass is 10.1. The average molecular weight is 447 g/mol. The summed E-state index contributed by atoms with van der Waals surface area (Å²) in [5.41, 5.74) is -0.636. The Balaban J connectivity index is 2.78. The molecule has 0 fully saturated rings. The molecular formula is C16H12F2INO4. The van der Waals surface area contributed by atoms with Gasteiger partial charge in [0.05, 0.1) is 25.5 Å². The van der Waals surface area contributed by atoms with Crippen molar-refractivity contribution in [2.24, 2.45) is 0 Å². The van der Waals surface area contributed by atoms with Crippen LogP contribution < -0.4 is 4.90 Å². The third-order valence-corrected chi connectivity index (χ3v) is 4.02. The van der Waals surface area contributed by atoms with E-state index in [4.69, 9.17) is 4.74 Å². The summed E-state index contributed by atoms with van der Waals surface area (Å²) < 4.78 is 37.7. The molecule has 0 amide bonds. The van der Waals surface area contributed by atoms with Gasteiger partial charge in [0, 0.05) is 9.77 Å². The second kappa shape index (κ2) is 7.56. The Morgan fingerprint density at radius 2 is 1.75 bits per heavy atom. The highest BCUT2D eigenvalue weighted by Gasteiger charge is 2.30. The first-order chi connectivity index (χ1) is 11.4. The van der Waals surface area contributed by atoms with Crippen molar-refractivity contribution >= 4 is 40.2 Å². The molecule has 24 heavy (non-hydrogen) atoms. The average Bonchev–Trinajstić information content (AvgIpc) is 2.80. The molecule has 0 unspecified atom stereocenters. The van der Waals surface area contributed by atoms with E-state index >= 15 is 0 Å². The fraction of sp³-hybridized carbons (Fsp3) is 0.125. The number of allylic oxidation sites excluding steroid dienone is 2. The topological polar surface area (TPSA) is 55.8 Å². The number of esters is 2. The molecule has 1 aliphatic rings. The minimum atomic E-state index is -1.15. The van der Waals surface area contributed by atoms with E-state index in [1.165, 1.54) is 30.5 Å². The zero-order valence-electron chi connectivity index (χ0n) is 12.7. The van der Waals surface area contributed by atoms with Crippen LogP contribution in [0.3, 0.4) is 0 Å². The summed E-state index contributed by atoms with van der Waals surface area (Å²) in [4.78, 5) is 25.3. The van der Waals surface area contributed by atoms with Crippen LogP contribution in [-0.4, -0.2) is 26.2 Å². The maximum absolute atomic E-state index is 14.4. The van der Waals surface area contributed by atoms with Crippen molar-refractivity contribution in [3.63, 3.8) is 0 Å². The Morgan fingerprint density at radius 3 is 2.38 bits per heavy atom. The standard InChI is InChI=1S/C16H12F2INO4/c1-23-15(21)9-5-3-4-8-20(13(9)16(22)24-2)14-11(19)7-6-10(17)12(14)18/h3-8H,1-2H3. The number of carbonyl (C=O) groups excluding carboxylic acids is 2. The first-order valence-electron chi connectivity index (χ1n) is 6.60. The number of hydrogen-bond donors (Lipinski definition) is 0. The molecule has 0 saturated carbocycles. The zero-order valence-corrected chi connectivity index (χ0v) is 14.8. The molecular weight excluding hydrogens is 435 g/mol. The van der Waals surface area contributed by atoms with E-state index in [2.05, 4.69) is 4.74 Å². The largest absolute Gasteiger partial charge is 0.465 e. The second-order valence-electron chi connectivity index (χ2n) is 4.51. The Morgan fingerprint density at radius 1 is 1.08 bits per heavy atom. The molecule has 126 valence electrons. The molecule has 0 aromatic heterocycles. The minimum Gasteiger partial charge on any atom is -0.465 e. The molecule has 1 aromatic carbocycles. The van der Waals surface area contributed by atoms with Crippen LogP contribution in [0.4, 0.5) is 14.5 Å². The Labute approximate surface area is 150 Å². The molecule has 8 heteroatoms. The van der Waals surface area contributed by atoms with Crippen molar-refractivity contribution < 1.29 is 27.8 Å². The number of hydrogen-bond acceptors (Lipinski definition) is 5. The van der Waals surface area contributed by atoms with Crippen LogP contribution >= 0.6 is 22.6 Å². The van der Waals surface area contributed by atoms with Crippen LogP contribution in [0.1, 0.15) is 0 Å². The smallest absolute Gasteiger partial charge is 0.355 e. The fourth-order valence-electron chi connectivity index (χ4n) is 2.07. The molecule has 0 spiro atoms. The summed E-state index contributed by atoms with van der Waals surface area (Å²) in [7, 11) is 2.26. The van der Waals surface area contributed by atoms with Gasteiger partial charge in [0.25, 0.3) is 0 Å². The lowest BCUT2D eigenvalue weighted by Crippen LogP contribution is -2.28. The minimum absolute atomic E-state index is 0.145. The summed E-state index contributed by atoms with van der Waals surface area (Å²) >= 11 is 1.80. The van der Waals surface area contributed by atoms with Gasteiger partial charge < -0.3 is 14.4 Å². The van der Waals surface area contributed by atoms with Crippen molar-refractivity contribution in [2.75, 3.05) is 19.1 Å². The predicted octanol–water partition coefficient (Wildman–Crippen LogP) is 3.06. The predicted molar refractivity (Wildman–Crippen MR) is 90.9 cm³/mol. The number of ether oxygens (including phenoxy) is 2. The first kappa shape index (κ1) is 18.1. The number of nitrogens with zero attached hydrogens (tertiary/aromatic N) is 1. The molecule has 0 saturated heterocycles. The van der Waals surface area contributed by atoms with Crippen LogP contribution in [0, 0.1) is 15.2 Å². The van der Waals surface area contributed by atoms with E-state index in [1.54, 1.807) is 22.6 Å². The van der Waals surface area contributed by atoms with Crippen molar-refractivity contribution in [3.05, 3.63) is 63.0 Å². The normalized spacial score (nSPS) is 13.8. The number of carbonyl (C=O) groups is 2. The fourth-order valence-corrected chi connectivity index (χ4v) is 2.75. The van der Waals surface area contributed by atoms with E-state index in [0.717, 1.165) is 25.2 Å². The van der Waals surface area contributed by atoms with E-state index < -0.39 is 23.6 Å². The maximum atomic E-state index is 14.4. The summed E-state index contributed by atoms with van der Waals surface area (Å²) in [6, 6.07) is 2.33. The first-order valence-corrected chi connectivity index (χ1v) is 7.68. The molecule has 1 aliphatic heterocycles. The molecule has 1 heterocycles. The van der Waals surface area contributed by atoms with Crippen molar-refractivity contribution in [1.29, 1.82) is 0 Å². The van der Waals surface area contributed by atoms with Crippen LogP contribution in [-0.2, 0) is 19.1 Å². The summed E-state index contributed by atoms with van der Waals surface area (Å²) in [6.45, 7) is 0. The summed E-state index contributed by atoms with van der Waals surface area (Å²) in [5, 5.41) is 0. The molecule has 0 N–H and O–H groups in total. The highest BCUT2D eigenvalue weighted by atomic mass is 127. The third kappa shape index (κ3) is 3.32. The Hall–Kier alpha value is -2.23. The van der Waals surface area contributed by atoms with Crippen LogP contribution in [0.5, 0.6) is 0 Å². The van der Waals surface area contributed by atoms with Crippen LogP contribution in [0.25, 0.3) is 0 Å². The number of anilines is 1. The van der Waals surface area contributed by atoms with E-state index in [-0.39, 0.29) is 17.0 Å². The van der Waals surface area contributed by atoms with Gasteiger partial charge >= 0.3 is 11.9 Å². The Bertz CT molecular complexity index is 787. The van der Waals surface area contributed by atoms with E-state index in [1.807, 2.05) is 0 Å². The lowest BCUT2D eigenvalue weighted by molar-refractivity contribution is -0.139. The van der Waals surface area contributed by atoms with Gasteiger partial charge in [0.15, 0.2) is 11.6 Å². The molecule has 1 aromatic rings. The third-order valence-electron chi connectivity index (χ3n) is 3.15.